The van der Waals surface area contributed by atoms with E-state index in [4.69, 9.17) is 9.73 Å². The van der Waals surface area contributed by atoms with Crippen LogP contribution in [-0.2, 0) is 17.7 Å². The Morgan fingerprint density at radius 1 is 1.36 bits per heavy atom. The van der Waals surface area contributed by atoms with Crippen molar-refractivity contribution in [1.29, 1.82) is 0 Å². The fraction of sp³-hybridized carbons (Fsp3) is 0.722. The summed E-state index contributed by atoms with van der Waals surface area (Å²) in [5.74, 6) is 0.900. The van der Waals surface area contributed by atoms with Gasteiger partial charge in [0, 0.05) is 41.5 Å². The molecule has 0 bridgehead atoms. The van der Waals surface area contributed by atoms with Gasteiger partial charge in [0.05, 0.1) is 19.8 Å². The molecule has 0 aliphatic carbocycles. The Bertz CT molecular complexity index is 523. The Morgan fingerprint density at radius 2 is 2.12 bits per heavy atom. The summed E-state index contributed by atoms with van der Waals surface area (Å²) in [4.78, 5) is 9.98. The number of guanidine groups is 1. The number of morpholine rings is 1. The molecule has 2 heterocycles. The molecular formula is C18H33IN4OS. The van der Waals surface area contributed by atoms with Crippen LogP contribution < -0.4 is 10.6 Å². The number of hydrogen-bond donors (Lipinski definition) is 2. The van der Waals surface area contributed by atoms with Gasteiger partial charge < -0.3 is 15.4 Å². The van der Waals surface area contributed by atoms with Gasteiger partial charge in [0.25, 0.3) is 0 Å². The minimum atomic E-state index is 0. The van der Waals surface area contributed by atoms with E-state index >= 15 is 0 Å². The Balaban J connectivity index is 0.00000312. The van der Waals surface area contributed by atoms with Crippen LogP contribution in [0, 0.1) is 0 Å². The monoisotopic (exact) mass is 480 g/mol. The molecule has 1 aromatic rings. The normalized spacial score (nSPS) is 20.0. The third-order valence-electron chi connectivity index (χ3n) is 4.35. The average Bonchev–Trinajstić information content (AvgIpc) is 3.05. The van der Waals surface area contributed by atoms with E-state index in [1.807, 2.05) is 11.3 Å². The van der Waals surface area contributed by atoms with Crippen LogP contribution in [0.25, 0.3) is 0 Å². The molecule has 2 atom stereocenters. The number of ether oxygens (including phenoxy) is 1. The maximum atomic E-state index is 5.53. The Hall–Kier alpha value is -0.380. The SMILES string of the molecule is CCNC(=NCc1ccc(CC)s1)NCC(C)N1CCOCC1C.I. The third-order valence-corrected chi connectivity index (χ3v) is 5.57. The standard InChI is InChI=1S/C18H32N4OS.HI/c1-5-16-7-8-17(24-16)12-21-18(19-6-2)20-11-14(3)22-9-10-23-13-15(22)4;/h7-8,14-15H,5-6,9-13H2,1-4H3,(H2,19,20,21);1H. The van der Waals surface area contributed by atoms with E-state index < -0.39 is 0 Å². The van der Waals surface area contributed by atoms with E-state index in [-0.39, 0.29) is 24.0 Å². The number of aryl methyl sites for hydroxylation is 1. The van der Waals surface area contributed by atoms with Crippen LogP contribution in [-0.4, -0.2) is 55.8 Å². The Morgan fingerprint density at radius 3 is 2.76 bits per heavy atom. The van der Waals surface area contributed by atoms with Gasteiger partial charge in [-0.1, -0.05) is 6.92 Å². The van der Waals surface area contributed by atoms with Gasteiger partial charge in [-0.25, -0.2) is 4.99 Å². The molecule has 1 aromatic heterocycles. The molecule has 1 fully saturated rings. The van der Waals surface area contributed by atoms with Gasteiger partial charge in [0.1, 0.15) is 0 Å². The lowest BCUT2D eigenvalue weighted by Crippen LogP contribution is -2.53. The molecule has 144 valence electrons. The zero-order chi connectivity index (χ0) is 17.4. The summed E-state index contributed by atoms with van der Waals surface area (Å²) in [6.07, 6.45) is 1.10. The smallest absolute Gasteiger partial charge is 0.191 e. The van der Waals surface area contributed by atoms with Crippen LogP contribution in [0.2, 0.25) is 0 Å². The van der Waals surface area contributed by atoms with Crippen molar-refractivity contribution in [3.8, 4) is 0 Å². The van der Waals surface area contributed by atoms with E-state index in [1.165, 1.54) is 9.75 Å². The molecule has 0 spiro atoms. The molecule has 25 heavy (non-hydrogen) atoms. The van der Waals surface area contributed by atoms with E-state index in [1.54, 1.807) is 0 Å². The molecule has 7 heteroatoms. The zero-order valence-corrected chi connectivity index (χ0v) is 19.0. The third kappa shape index (κ3) is 7.40. The van der Waals surface area contributed by atoms with Gasteiger partial charge in [0.15, 0.2) is 5.96 Å². The van der Waals surface area contributed by atoms with Crippen molar-refractivity contribution in [1.82, 2.24) is 15.5 Å². The lowest BCUT2D eigenvalue weighted by Gasteiger charge is -2.38. The number of aliphatic imine (C=N–C) groups is 1. The van der Waals surface area contributed by atoms with Crippen LogP contribution >= 0.6 is 35.3 Å². The van der Waals surface area contributed by atoms with Crippen LogP contribution in [0.3, 0.4) is 0 Å². The second kappa shape index (κ2) is 12.1. The van der Waals surface area contributed by atoms with Gasteiger partial charge in [-0.15, -0.1) is 35.3 Å². The number of rotatable bonds is 7. The topological polar surface area (TPSA) is 48.9 Å². The predicted molar refractivity (Wildman–Crippen MR) is 118 cm³/mol. The molecule has 2 rings (SSSR count). The second-order valence-electron chi connectivity index (χ2n) is 6.31. The van der Waals surface area contributed by atoms with Crippen molar-refractivity contribution >= 4 is 41.3 Å². The van der Waals surface area contributed by atoms with Gasteiger partial charge in [-0.05, 0) is 39.3 Å². The molecule has 0 amide bonds. The molecule has 1 aliphatic rings. The van der Waals surface area contributed by atoms with Crippen LogP contribution in [0.4, 0.5) is 0 Å². The van der Waals surface area contributed by atoms with Crippen molar-refractivity contribution in [2.24, 2.45) is 4.99 Å². The van der Waals surface area contributed by atoms with Crippen molar-refractivity contribution in [2.75, 3.05) is 32.8 Å². The minimum absolute atomic E-state index is 0. The van der Waals surface area contributed by atoms with Gasteiger partial charge >= 0.3 is 0 Å². The summed E-state index contributed by atoms with van der Waals surface area (Å²) in [7, 11) is 0. The summed E-state index contributed by atoms with van der Waals surface area (Å²) in [6.45, 7) is 14.0. The number of halogens is 1. The summed E-state index contributed by atoms with van der Waals surface area (Å²) in [5, 5.41) is 6.83. The highest BCUT2D eigenvalue weighted by Gasteiger charge is 2.23. The van der Waals surface area contributed by atoms with Crippen LogP contribution in [0.1, 0.15) is 37.4 Å². The predicted octanol–water partition coefficient (Wildman–Crippen LogP) is 3.09. The molecule has 1 aliphatic heterocycles. The van der Waals surface area contributed by atoms with Crippen molar-refractivity contribution in [2.45, 2.75) is 52.7 Å². The average molecular weight is 480 g/mol. The maximum absolute atomic E-state index is 5.53. The number of nitrogens with one attached hydrogen (secondary N) is 2. The summed E-state index contributed by atoms with van der Waals surface area (Å²) in [6, 6.07) is 5.33. The van der Waals surface area contributed by atoms with E-state index in [9.17, 15) is 0 Å². The largest absolute Gasteiger partial charge is 0.379 e. The maximum Gasteiger partial charge on any atom is 0.191 e. The number of nitrogens with zero attached hydrogens (tertiary/aromatic N) is 2. The fourth-order valence-corrected chi connectivity index (χ4v) is 3.83. The molecule has 0 radical (unpaired) electrons. The lowest BCUT2D eigenvalue weighted by molar-refractivity contribution is -0.0174. The fourth-order valence-electron chi connectivity index (χ4n) is 2.95. The summed E-state index contributed by atoms with van der Waals surface area (Å²) >= 11 is 1.86. The molecule has 0 aromatic carbocycles. The molecule has 5 nitrogen and oxygen atoms in total. The highest BCUT2D eigenvalue weighted by atomic mass is 127. The Labute approximate surface area is 173 Å². The van der Waals surface area contributed by atoms with E-state index in [2.05, 4.69) is 55.4 Å². The molecule has 2 unspecified atom stereocenters. The highest BCUT2D eigenvalue weighted by molar-refractivity contribution is 14.0. The van der Waals surface area contributed by atoms with Gasteiger partial charge in [0.2, 0.25) is 0 Å². The summed E-state index contributed by atoms with van der Waals surface area (Å²) < 4.78 is 5.53. The van der Waals surface area contributed by atoms with Crippen molar-refractivity contribution in [3.05, 3.63) is 21.9 Å². The first-order chi connectivity index (χ1) is 11.6. The second-order valence-corrected chi connectivity index (χ2v) is 7.56. The van der Waals surface area contributed by atoms with Crippen molar-refractivity contribution in [3.63, 3.8) is 0 Å². The van der Waals surface area contributed by atoms with E-state index in [0.29, 0.717) is 12.1 Å². The first-order valence-electron chi connectivity index (χ1n) is 9.07. The number of thiophene rings is 1. The molecular weight excluding hydrogens is 447 g/mol. The minimum Gasteiger partial charge on any atom is -0.379 e. The quantitative estimate of drug-likeness (QED) is 0.358. The molecule has 0 saturated carbocycles. The molecule has 2 N–H and O–H groups in total. The number of hydrogen-bond acceptors (Lipinski definition) is 4. The van der Waals surface area contributed by atoms with Crippen LogP contribution in [0.5, 0.6) is 0 Å². The molecule has 1 saturated heterocycles. The van der Waals surface area contributed by atoms with Crippen LogP contribution in [0.15, 0.2) is 17.1 Å². The first-order valence-corrected chi connectivity index (χ1v) is 9.88. The van der Waals surface area contributed by atoms with Gasteiger partial charge in [-0.2, -0.15) is 0 Å². The highest BCUT2D eigenvalue weighted by Crippen LogP contribution is 2.17. The summed E-state index contributed by atoms with van der Waals surface area (Å²) in [5.41, 5.74) is 0. The lowest BCUT2D eigenvalue weighted by atomic mass is 10.2. The van der Waals surface area contributed by atoms with Gasteiger partial charge in [-0.3, -0.25) is 4.90 Å². The van der Waals surface area contributed by atoms with Crippen molar-refractivity contribution < 1.29 is 4.74 Å². The first kappa shape index (κ1) is 22.7. The zero-order valence-electron chi connectivity index (χ0n) is 15.9. The van der Waals surface area contributed by atoms with E-state index in [0.717, 1.165) is 51.8 Å². The Kier molecular flexibility index (Phi) is 11.0.